The van der Waals surface area contributed by atoms with Crippen LogP contribution in [0.4, 0.5) is 5.69 Å². The van der Waals surface area contributed by atoms with Gasteiger partial charge in [-0.15, -0.1) is 0 Å². The van der Waals surface area contributed by atoms with Gasteiger partial charge in [0.2, 0.25) is 5.91 Å². The van der Waals surface area contributed by atoms with Crippen LogP contribution in [0.1, 0.15) is 34.1 Å². The van der Waals surface area contributed by atoms with E-state index in [0.29, 0.717) is 49.4 Å². The molecule has 1 heterocycles. The second-order valence-corrected chi connectivity index (χ2v) is 8.14. The Hall–Kier alpha value is -3.93. The molecule has 168 valence electrons. The minimum Gasteiger partial charge on any atom is -0.337 e. The highest BCUT2D eigenvalue weighted by Crippen LogP contribution is 2.20. The van der Waals surface area contributed by atoms with E-state index in [2.05, 4.69) is 5.32 Å². The number of anilines is 1. The maximum absolute atomic E-state index is 13.1. The fourth-order valence-corrected chi connectivity index (χ4v) is 4.06. The highest BCUT2D eigenvalue weighted by Gasteiger charge is 2.23. The van der Waals surface area contributed by atoms with E-state index in [0.717, 1.165) is 11.1 Å². The molecular formula is C27H27N3O3. The number of benzene rings is 3. The lowest BCUT2D eigenvalue weighted by Crippen LogP contribution is -2.37. The van der Waals surface area contributed by atoms with Crippen LogP contribution in [0, 0.1) is 0 Å². The second-order valence-electron chi connectivity index (χ2n) is 8.14. The average Bonchev–Trinajstić information content (AvgIpc) is 3.10. The highest BCUT2D eigenvalue weighted by atomic mass is 16.2. The SMILES string of the molecule is CC(=O)Nc1cccc(C(=O)N2CCCN(C(=O)c3ccc(-c4ccccc4)cc3)CC2)c1. The van der Waals surface area contributed by atoms with Gasteiger partial charge in [-0.05, 0) is 47.9 Å². The molecule has 0 saturated carbocycles. The number of carbonyl (C=O) groups excluding carboxylic acids is 3. The first-order chi connectivity index (χ1) is 16.0. The smallest absolute Gasteiger partial charge is 0.253 e. The highest BCUT2D eigenvalue weighted by molar-refractivity contribution is 5.97. The zero-order chi connectivity index (χ0) is 23.2. The minimum absolute atomic E-state index is 0.0171. The lowest BCUT2D eigenvalue weighted by atomic mass is 10.0. The van der Waals surface area contributed by atoms with E-state index in [1.165, 1.54) is 6.92 Å². The molecule has 4 rings (SSSR count). The quantitative estimate of drug-likeness (QED) is 0.656. The van der Waals surface area contributed by atoms with Gasteiger partial charge in [-0.1, -0.05) is 48.5 Å². The van der Waals surface area contributed by atoms with E-state index in [1.807, 2.05) is 59.5 Å². The molecule has 3 aromatic carbocycles. The summed E-state index contributed by atoms with van der Waals surface area (Å²) in [6.07, 6.45) is 0.713. The van der Waals surface area contributed by atoms with E-state index in [1.54, 1.807) is 29.2 Å². The van der Waals surface area contributed by atoms with Gasteiger partial charge in [0.1, 0.15) is 0 Å². The Labute approximate surface area is 193 Å². The molecule has 6 nitrogen and oxygen atoms in total. The zero-order valence-electron chi connectivity index (χ0n) is 18.7. The number of carbonyl (C=O) groups is 3. The molecule has 0 unspecified atom stereocenters. The van der Waals surface area contributed by atoms with E-state index in [4.69, 9.17) is 0 Å². The van der Waals surface area contributed by atoms with Gasteiger partial charge in [0, 0.05) is 49.9 Å². The maximum Gasteiger partial charge on any atom is 0.253 e. The summed E-state index contributed by atoms with van der Waals surface area (Å²) in [6, 6.07) is 24.7. The Kier molecular flexibility index (Phi) is 6.83. The van der Waals surface area contributed by atoms with Crippen molar-refractivity contribution in [3.05, 3.63) is 90.0 Å². The Balaban J connectivity index is 1.40. The van der Waals surface area contributed by atoms with Crippen molar-refractivity contribution in [1.82, 2.24) is 9.80 Å². The monoisotopic (exact) mass is 441 g/mol. The Morgan fingerprint density at radius 2 is 1.27 bits per heavy atom. The molecule has 33 heavy (non-hydrogen) atoms. The molecule has 1 aliphatic rings. The number of hydrogen-bond donors (Lipinski definition) is 1. The summed E-state index contributed by atoms with van der Waals surface area (Å²) < 4.78 is 0. The third kappa shape index (κ3) is 5.47. The average molecular weight is 442 g/mol. The van der Waals surface area contributed by atoms with Gasteiger partial charge >= 0.3 is 0 Å². The maximum atomic E-state index is 13.1. The number of rotatable bonds is 4. The minimum atomic E-state index is -0.180. The van der Waals surface area contributed by atoms with Crippen LogP contribution in [-0.4, -0.2) is 53.7 Å². The van der Waals surface area contributed by atoms with E-state index >= 15 is 0 Å². The van der Waals surface area contributed by atoms with E-state index in [9.17, 15) is 14.4 Å². The van der Waals surface area contributed by atoms with Crippen molar-refractivity contribution < 1.29 is 14.4 Å². The molecule has 0 aliphatic carbocycles. The van der Waals surface area contributed by atoms with Crippen molar-refractivity contribution >= 4 is 23.4 Å². The van der Waals surface area contributed by atoms with Crippen molar-refractivity contribution in [1.29, 1.82) is 0 Å². The van der Waals surface area contributed by atoms with Gasteiger partial charge in [-0.25, -0.2) is 0 Å². The molecule has 0 radical (unpaired) electrons. The lowest BCUT2D eigenvalue weighted by Gasteiger charge is -2.22. The molecule has 1 saturated heterocycles. The molecule has 3 amide bonds. The summed E-state index contributed by atoms with van der Waals surface area (Å²) in [5.74, 6) is -0.291. The third-order valence-electron chi connectivity index (χ3n) is 5.74. The molecule has 0 atom stereocenters. The predicted molar refractivity (Wildman–Crippen MR) is 129 cm³/mol. The summed E-state index contributed by atoms with van der Waals surface area (Å²) in [7, 11) is 0. The molecule has 1 fully saturated rings. The number of hydrogen-bond acceptors (Lipinski definition) is 3. The van der Waals surface area contributed by atoms with Crippen LogP contribution in [-0.2, 0) is 4.79 Å². The largest absolute Gasteiger partial charge is 0.337 e. The van der Waals surface area contributed by atoms with E-state index < -0.39 is 0 Å². The van der Waals surface area contributed by atoms with Crippen molar-refractivity contribution in [2.45, 2.75) is 13.3 Å². The van der Waals surface area contributed by atoms with Crippen LogP contribution in [0.5, 0.6) is 0 Å². The lowest BCUT2D eigenvalue weighted by molar-refractivity contribution is -0.114. The molecule has 0 aromatic heterocycles. The van der Waals surface area contributed by atoms with E-state index in [-0.39, 0.29) is 17.7 Å². The Morgan fingerprint density at radius 1 is 0.667 bits per heavy atom. The number of nitrogens with zero attached hydrogens (tertiary/aromatic N) is 2. The van der Waals surface area contributed by atoms with Crippen LogP contribution in [0.25, 0.3) is 11.1 Å². The summed E-state index contributed by atoms with van der Waals surface area (Å²) >= 11 is 0. The molecule has 1 aliphatic heterocycles. The molecule has 6 heteroatoms. The van der Waals surface area contributed by atoms with Gasteiger partial charge < -0.3 is 15.1 Å². The fourth-order valence-electron chi connectivity index (χ4n) is 4.06. The van der Waals surface area contributed by atoms with Gasteiger partial charge in [-0.2, -0.15) is 0 Å². The van der Waals surface area contributed by atoms with Crippen LogP contribution in [0.15, 0.2) is 78.9 Å². The molecule has 0 spiro atoms. The first-order valence-corrected chi connectivity index (χ1v) is 11.1. The Bertz CT molecular complexity index is 1140. The van der Waals surface area contributed by atoms with Crippen LogP contribution < -0.4 is 5.32 Å². The van der Waals surface area contributed by atoms with Gasteiger partial charge in [0.05, 0.1) is 0 Å². The normalized spacial score (nSPS) is 13.8. The van der Waals surface area contributed by atoms with Crippen molar-refractivity contribution in [3.8, 4) is 11.1 Å². The first-order valence-electron chi connectivity index (χ1n) is 11.1. The molecule has 0 bridgehead atoms. The predicted octanol–water partition coefficient (Wildman–Crippen LogP) is 4.30. The topological polar surface area (TPSA) is 69.7 Å². The van der Waals surface area contributed by atoms with Gasteiger partial charge in [0.25, 0.3) is 11.8 Å². The zero-order valence-corrected chi connectivity index (χ0v) is 18.7. The fraction of sp³-hybridized carbons (Fsp3) is 0.222. The summed E-state index contributed by atoms with van der Waals surface area (Å²) in [5.41, 5.74) is 3.96. The summed E-state index contributed by atoms with van der Waals surface area (Å²) in [5, 5.41) is 2.71. The standard InChI is InChI=1S/C27H27N3O3/c1-20(31)28-25-10-5-9-24(19-25)27(33)30-16-6-15-29(17-18-30)26(32)23-13-11-22(12-14-23)21-7-3-2-4-8-21/h2-5,7-14,19H,6,15-18H2,1H3,(H,28,31). The third-order valence-corrected chi connectivity index (χ3v) is 5.74. The Morgan fingerprint density at radius 3 is 1.91 bits per heavy atom. The van der Waals surface area contributed by atoms with Crippen molar-refractivity contribution in [3.63, 3.8) is 0 Å². The van der Waals surface area contributed by atoms with Gasteiger partial charge in [0.15, 0.2) is 0 Å². The molecule has 1 N–H and O–H groups in total. The van der Waals surface area contributed by atoms with Crippen molar-refractivity contribution in [2.75, 3.05) is 31.5 Å². The number of nitrogens with one attached hydrogen (secondary N) is 1. The van der Waals surface area contributed by atoms with Gasteiger partial charge in [-0.3, -0.25) is 14.4 Å². The van der Waals surface area contributed by atoms with Crippen molar-refractivity contribution in [2.24, 2.45) is 0 Å². The van der Waals surface area contributed by atoms with Crippen LogP contribution >= 0.6 is 0 Å². The van der Waals surface area contributed by atoms with Crippen LogP contribution in [0.2, 0.25) is 0 Å². The van der Waals surface area contributed by atoms with Crippen LogP contribution in [0.3, 0.4) is 0 Å². The molecular weight excluding hydrogens is 414 g/mol. The number of amides is 3. The second kappa shape index (κ2) is 10.1. The molecule has 3 aromatic rings. The summed E-state index contributed by atoms with van der Waals surface area (Å²) in [6.45, 7) is 3.58. The summed E-state index contributed by atoms with van der Waals surface area (Å²) in [4.78, 5) is 41.0. The first kappa shape index (κ1) is 22.3.